The van der Waals surface area contributed by atoms with Gasteiger partial charge in [-0.25, -0.2) is 0 Å². The molecule has 0 radical (unpaired) electrons. The van der Waals surface area contributed by atoms with Crippen molar-refractivity contribution in [2.75, 3.05) is 11.5 Å². The first-order chi connectivity index (χ1) is 11.6. The Morgan fingerprint density at radius 3 is 1.64 bits per heavy atom. The second kappa shape index (κ2) is 12.7. The van der Waals surface area contributed by atoms with E-state index < -0.39 is 16.1 Å². The summed E-state index contributed by atoms with van der Waals surface area (Å²) < 4.78 is 0. The molecule has 0 saturated heterocycles. The Balaban J connectivity index is 5.02. The Morgan fingerprint density at radius 1 is 0.840 bits per heavy atom. The molecule has 0 saturated carbocycles. The zero-order valence-electron chi connectivity index (χ0n) is 16.8. The summed E-state index contributed by atoms with van der Waals surface area (Å²) in [7, 11) is -2.07. The molecule has 0 atom stereocenters. The van der Waals surface area contributed by atoms with Crippen LogP contribution in [0.4, 0.5) is 0 Å². The van der Waals surface area contributed by atoms with Gasteiger partial charge in [0, 0.05) is 16.1 Å². The minimum absolute atomic E-state index is 0.659. The van der Waals surface area contributed by atoms with Crippen LogP contribution in [0.5, 0.6) is 0 Å². The van der Waals surface area contributed by atoms with E-state index in [1.54, 1.807) is 11.8 Å². The Hall–Kier alpha value is -0.596. The average Bonchev–Trinajstić information content (AvgIpc) is 2.46. The highest BCUT2D eigenvalue weighted by Crippen LogP contribution is 2.23. The van der Waals surface area contributed by atoms with Crippen LogP contribution >= 0.6 is 23.5 Å². The summed E-state index contributed by atoms with van der Waals surface area (Å²) in [5.74, 6) is 13.8. The molecule has 0 aliphatic carbocycles. The Kier molecular flexibility index (Phi) is 12.4. The molecule has 138 valence electrons. The van der Waals surface area contributed by atoms with Gasteiger partial charge in [-0.3, -0.25) is 4.79 Å². The number of rotatable bonds is 9. The van der Waals surface area contributed by atoms with Crippen molar-refractivity contribution >= 4 is 46.0 Å². The molecule has 5 heteroatoms. The van der Waals surface area contributed by atoms with Crippen LogP contribution in [-0.4, -0.2) is 33.9 Å². The normalized spacial score (nSPS) is 12.8. The van der Waals surface area contributed by atoms with Crippen LogP contribution in [0.3, 0.4) is 0 Å². The lowest BCUT2D eigenvalue weighted by Gasteiger charge is -2.15. The smallest absolute Gasteiger partial charge is 0.193 e. The Morgan fingerprint density at radius 2 is 1.28 bits per heavy atom. The number of carbonyl (C=O) groups excluding carboxylic acids is 1. The van der Waals surface area contributed by atoms with Crippen molar-refractivity contribution in [2.24, 2.45) is 0 Å². The van der Waals surface area contributed by atoms with Crippen molar-refractivity contribution in [2.45, 2.75) is 58.3 Å². The van der Waals surface area contributed by atoms with Gasteiger partial charge in [0.05, 0.1) is 9.81 Å². The van der Waals surface area contributed by atoms with Crippen LogP contribution < -0.4 is 0 Å². The van der Waals surface area contributed by atoms with Crippen molar-refractivity contribution < 1.29 is 4.79 Å². The molecule has 25 heavy (non-hydrogen) atoms. The van der Waals surface area contributed by atoms with E-state index in [-0.39, 0.29) is 0 Å². The largest absolute Gasteiger partial charge is 0.289 e. The molecule has 0 unspecified atom stereocenters. The van der Waals surface area contributed by atoms with E-state index in [1.807, 2.05) is 24.8 Å². The predicted molar refractivity (Wildman–Crippen MR) is 125 cm³/mol. The maximum absolute atomic E-state index is 10.6. The molecule has 0 aliphatic heterocycles. The summed E-state index contributed by atoms with van der Waals surface area (Å²) in [5.41, 5.74) is 0. The second-order valence-corrected chi connectivity index (χ2v) is 21.7. The first-order valence-electron chi connectivity index (χ1n) is 8.63. The molecule has 0 aromatic carbocycles. The standard InChI is InChI=1S/C20H32OS2Si2/c1-8-10-19(22-15-17-24(2,3)4)12-13-20(11-9-14-21)23-16-18-25(5,6)7/h12-14H,15-18H2,1-7H3/b19-12-,20-13-. The van der Waals surface area contributed by atoms with E-state index in [0.717, 1.165) is 21.3 Å². The third-order valence-corrected chi connectivity index (χ3v) is 9.25. The van der Waals surface area contributed by atoms with Crippen LogP contribution in [0, 0.1) is 23.7 Å². The van der Waals surface area contributed by atoms with E-state index in [1.165, 1.54) is 12.1 Å². The predicted octanol–water partition coefficient (Wildman–Crippen LogP) is 6.12. The molecular weight excluding hydrogens is 377 g/mol. The van der Waals surface area contributed by atoms with Crippen LogP contribution in [0.1, 0.15) is 6.92 Å². The molecule has 0 aliphatic rings. The first-order valence-corrected chi connectivity index (χ1v) is 18.0. The molecular formula is C20H32OS2Si2. The quantitative estimate of drug-likeness (QED) is 0.198. The molecule has 1 nitrogen and oxygen atoms in total. The van der Waals surface area contributed by atoms with Crippen LogP contribution in [0.2, 0.25) is 51.4 Å². The van der Waals surface area contributed by atoms with Crippen molar-refractivity contribution in [1.82, 2.24) is 0 Å². The highest BCUT2D eigenvalue weighted by molar-refractivity contribution is 8.03. The average molecular weight is 409 g/mol. The van der Waals surface area contributed by atoms with Gasteiger partial charge in [0.2, 0.25) is 0 Å². The highest BCUT2D eigenvalue weighted by Gasteiger charge is 2.13. The lowest BCUT2D eigenvalue weighted by atomic mass is 10.4. The summed E-state index contributed by atoms with van der Waals surface area (Å²) in [6, 6.07) is 2.53. The monoisotopic (exact) mass is 408 g/mol. The minimum Gasteiger partial charge on any atom is -0.289 e. The fraction of sp³-hybridized carbons (Fsp3) is 0.550. The second-order valence-electron chi connectivity index (χ2n) is 8.14. The van der Waals surface area contributed by atoms with Gasteiger partial charge in [-0.1, -0.05) is 51.1 Å². The molecule has 0 aromatic heterocycles. The molecule has 0 heterocycles. The first kappa shape index (κ1) is 24.4. The molecule has 0 fully saturated rings. The maximum Gasteiger partial charge on any atom is 0.193 e. The zero-order chi connectivity index (χ0) is 19.3. The van der Waals surface area contributed by atoms with Gasteiger partial charge in [0.25, 0.3) is 0 Å². The number of thioether (sulfide) groups is 2. The number of allylic oxidation sites excluding steroid dienone is 4. The van der Waals surface area contributed by atoms with E-state index in [9.17, 15) is 4.79 Å². The minimum atomic E-state index is -1.05. The summed E-state index contributed by atoms with van der Waals surface area (Å²) >= 11 is 3.57. The van der Waals surface area contributed by atoms with Crippen molar-refractivity contribution in [1.29, 1.82) is 0 Å². The summed E-state index contributed by atoms with van der Waals surface area (Å²) in [6.07, 6.45) is 4.74. The van der Waals surface area contributed by atoms with E-state index >= 15 is 0 Å². The van der Waals surface area contributed by atoms with E-state index in [2.05, 4.69) is 69.0 Å². The van der Waals surface area contributed by atoms with Gasteiger partial charge >= 0.3 is 0 Å². The summed E-state index contributed by atoms with van der Waals surface area (Å²) in [5, 5.41) is 0. The van der Waals surface area contributed by atoms with E-state index in [4.69, 9.17) is 0 Å². The third-order valence-electron chi connectivity index (χ3n) is 3.11. The van der Waals surface area contributed by atoms with Gasteiger partial charge < -0.3 is 0 Å². The van der Waals surface area contributed by atoms with E-state index in [0.29, 0.717) is 6.29 Å². The third kappa shape index (κ3) is 16.6. The van der Waals surface area contributed by atoms with Gasteiger partial charge in [-0.05, 0) is 48.6 Å². The number of aldehydes is 1. The summed E-state index contributed by atoms with van der Waals surface area (Å²) in [6.45, 7) is 16.2. The molecule has 0 bridgehead atoms. The lowest BCUT2D eigenvalue weighted by molar-refractivity contribution is -0.103. The maximum atomic E-state index is 10.6. The SMILES string of the molecule is CC#C/C(=C/C=C(/C#CC=O)SCC[Si](C)(C)C)SCC[Si](C)(C)C. The zero-order valence-corrected chi connectivity index (χ0v) is 20.4. The topological polar surface area (TPSA) is 17.1 Å². The lowest BCUT2D eigenvalue weighted by Crippen LogP contribution is -2.19. The molecule has 0 rings (SSSR count). The Labute approximate surface area is 165 Å². The van der Waals surface area contributed by atoms with Crippen LogP contribution in [0.25, 0.3) is 0 Å². The van der Waals surface area contributed by atoms with Crippen molar-refractivity contribution in [3.05, 3.63) is 22.0 Å². The highest BCUT2D eigenvalue weighted by atomic mass is 32.2. The fourth-order valence-electron chi connectivity index (χ4n) is 1.56. The number of hydrogen-bond donors (Lipinski definition) is 0. The van der Waals surface area contributed by atoms with Gasteiger partial charge in [-0.15, -0.1) is 29.4 Å². The number of carbonyl (C=O) groups is 1. The van der Waals surface area contributed by atoms with Crippen LogP contribution in [0.15, 0.2) is 22.0 Å². The van der Waals surface area contributed by atoms with Gasteiger partial charge in [-0.2, -0.15) is 0 Å². The summed E-state index contributed by atoms with van der Waals surface area (Å²) in [4.78, 5) is 12.6. The van der Waals surface area contributed by atoms with Crippen LogP contribution in [-0.2, 0) is 4.79 Å². The number of hydrogen-bond acceptors (Lipinski definition) is 3. The molecule has 0 N–H and O–H groups in total. The van der Waals surface area contributed by atoms with Crippen molar-refractivity contribution in [3.63, 3.8) is 0 Å². The van der Waals surface area contributed by atoms with Gasteiger partial charge in [0.1, 0.15) is 0 Å². The van der Waals surface area contributed by atoms with Crippen molar-refractivity contribution in [3.8, 4) is 23.7 Å². The molecule has 0 aromatic rings. The Bertz CT molecular complexity index is 600. The van der Waals surface area contributed by atoms with Gasteiger partial charge in [0.15, 0.2) is 6.29 Å². The molecule has 0 amide bonds. The molecule has 0 spiro atoms. The fourth-order valence-corrected chi connectivity index (χ4v) is 8.35.